The third-order valence-electron chi connectivity index (χ3n) is 2.88. The van der Waals surface area contributed by atoms with Crippen molar-refractivity contribution in [3.63, 3.8) is 0 Å². The summed E-state index contributed by atoms with van der Waals surface area (Å²) in [4.78, 5) is 25.5. The van der Waals surface area contributed by atoms with Gasteiger partial charge >= 0.3 is 0 Å². The number of hydrogen-bond acceptors (Lipinski definition) is 2. The van der Waals surface area contributed by atoms with Crippen LogP contribution >= 0.6 is 0 Å². The molecule has 1 aliphatic rings. The van der Waals surface area contributed by atoms with Gasteiger partial charge in [0.1, 0.15) is 12.1 Å². The van der Waals surface area contributed by atoms with Crippen LogP contribution in [0.1, 0.15) is 34.1 Å². The van der Waals surface area contributed by atoms with E-state index in [0.717, 1.165) is 0 Å². The minimum atomic E-state index is -0.424. The van der Waals surface area contributed by atoms with Gasteiger partial charge in [-0.3, -0.25) is 9.59 Å². The Morgan fingerprint density at radius 1 is 1.41 bits per heavy atom. The molecule has 17 heavy (non-hydrogen) atoms. The zero-order valence-corrected chi connectivity index (χ0v) is 10.9. The van der Waals surface area contributed by atoms with E-state index in [1.807, 2.05) is 13.8 Å². The highest BCUT2D eigenvalue weighted by Gasteiger charge is 2.37. The van der Waals surface area contributed by atoms with Crippen LogP contribution in [0.2, 0.25) is 0 Å². The number of carbonyl (C=O) groups is 2. The van der Waals surface area contributed by atoms with Crippen molar-refractivity contribution in [3.05, 3.63) is 0 Å². The fourth-order valence-corrected chi connectivity index (χ4v) is 1.90. The van der Waals surface area contributed by atoms with E-state index in [1.165, 1.54) is 0 Å². The second-order valence-electron chi connectivity index (χ2n) is 4.76. The topological polar surface area (TPSA) is 49.4 Å². The third-order valence-corrected chi connectivity index (χ3v) is 2.88. The van der Waals surface area contributed by atoms with Gasteiger partial charge in [-0.2, -0.15) is 0 Å². The van der Waals surface area contributed by atoms with Crippen LogP contribution in [-0.4, -0.2) is 35.3 Å². The van der Waals surface area contributed by atoms with Gasteiger partial charge in [-0.25, -0.2) is 0 Å². The molecule has 4 heteroatoms. The van der Waals surface area contributed by atoms with Crippen molar-refractivity contribution in [1.29, 1.82) is 0 Å². The summed E-state index contributed by atoms with van der Waals surface area (Å²) in [5, 5.41) is 2.78. The molecule has 0 bridgehead atoms. The van der Waals surface area contributed by atoms with Gasteiger partial charge in [0, 0.05) is 0 Å². The summed E-state index contributed by atoms with van der Waals surface area (Å²) in [6, 6.07) is -0.816. The molecule has 0 aromatic carbocycles. The fraction of sp³-hybridized carbons (Fsp3) is 0.692. The lowest BCUT2D eigenvalue weighted by atomic mass is 9.99. The average Bonchev–Trinajstić information content (AvgIpc) is 2.25. The van der Waals surface area contributed by atoms with Gasteiger partial charge < -0.3 is 10.2 Å². The van der Waals surface area contributed by atoms with E-state index in [0.29, 0.717) is 18.9 Å². The number of carbonyl (C=O) groups excluding carboxylic acids is 2. The lowest BCUT2D eigenvalue weighted by molar-refractivity contribution is -0.148. The van der Waals surface area contributed by atoms with Crippen molar-refractivity contribution in [1.82, 2.24) is 10.2 Å². The number of nitrogens with one attached hydrogen (secondary N) is 1. The van der Waals surface area contributed by atoms with E-state index < -0.39 is 12.1 Å². The van der Waals surface area contributed by atoms with Crippen LogP contribution in [0.5, 0.6) is 0 Å². The predicted octanol–water partition coefficient (Wildman–Crippen LogP) is 0.771. The third kappa shape index (κ3) is 3.23. The maximum absolute atomic E-state index is 12.2. The Morgan fingerprint density at radius 2 is 2.06 bits per heavy atom. The molecule has 0 aliphatic carbocycles. The van der Waals surface area contributed by atoms with Gasteiger partial charge in [0.05, 0.1) is 6.54 Å². The van der Waals surface area contributed by atoms with E-state index >= 15 is 0 Å². The SMILES string of the molecule is CC#CCN1C(=O)C(CC(C)C)NC(=O)C1C. The molecule has 0 spiro atoms. The molecular weight excluding hydrogens is 216 g/mol. The number of nitrogens with zero attached hydrogens (tertiary/aromatic N) is 1. The summed E-state index contributed by atoms with van der Waals surface area (Å²) in [5.41, 5.74) is 0. The summed E-state index contributed by atoms with van der Waals surface area (Å²) in [7, 11) is 0. The molecule has 0 radical (unpaired) electrons. The van der Waals surface area contributed by atoms with Crippen LogP contribution in [-0.2, 0) is 9.59 Å². The van der Waals surface area contributed by atoms with E-state index in [9.17, 15) is 9.59 Å². The van der Waals surface area contributed by atoms with Gasteiger partial charge in [-0.15, -0.1) is 5.92 Å². The second kappa shape index (κ2) is 5.72. The highest BCUT2D eigenvalue weighted by Crippen LogP contribution is 2.15. The summed E-state index contributed by atoms with van der Waals surface area (Å²) in [5.74, 6) is 5.86. The standard InChI is InChI=1S/C13H20N2O2/c1-5-6-7-15-10(4)12(16)14-11(13(15)17)8-9(2)3/h9-11H,7-8H2,1-4H3,(H,14,16). The Balaban J connectivity index is 2.81. The van der Waals surface area contributed by atoms with Crippen molar-refractivity contribution in [2.75, 3.05) is 6.54 Å². The van der Waals surface area contributed by atoms with Crippen LogP contribution in [0.4, 0.5) is 0 Å². The molecule has 1 rings (SSSR count). The van der Waals surface area contributed by atoms with Crippen molar-refractivity contribution in [3.8, 4) is 11.8 Å². The molecule has 0 aromatic rings. The number of piperazine rings is 1. The first-order valence-electron chi connectivity index (χ1n) is 5.97. The Morgan fingerprint density at radius 3 is 2.59 bits per heavy atom. The van der Waals surface area contributed by atoms with Crippen molar-refractivity contribution < 1.29 is 9.59 Å². The highest BCUT2D eigenvalue weighted by molar-refractivity contribution is 5.96. The summed E-state index contributed by atoms with van der Waals surface area (Å²) in [6.45, 7) is 7.86. The molecule has 94 valence electrons. The van der Waals surface area contributed by atoms with Crippen LogP contribution in [0.25, 0.3) is 0 Å². The van der Waals surface area contributed by atoms with Gasteiger partial charge in [-0.05, 0) is 26.2 Å². The molecule has 2 unspecified atom stereocenters. The molecule has 4 nitrogen and oxygen atoms in total. The Bertz CT molecular complexity index is 365. The Kier molecular flexibility index (Phi) is 4.56. The first-order chi connectivity index (χ1) is 7.97. The molecule has 0 saturated carbocycles. The maximum Gasteiger partial charge on any atom is 0.246 e. The minimum absolute atomic E-state index is 0.0199. The summed E-state index contributed by atoms with van der Waals surface area (Å²) < 4.78 is 0. The van der Waals surface area contributed by atoms with E-state index in [-0.39, 0.29) is 11.8 Å². The van der Waals surface area contributed by atoms with Crippen molar-refractivity contribution in [2.45, 2.75) is 46.2 Å². The first kappa shape index (κ1) is 13.6. The normalized spacial score (nSPS) is 24.4. The van der Waals surface area contributed by atoms with Gasteiger partial charge in [0.15, 0.2) is 0 Å². The predicted molar refractivity (Wildman–Crippen MR) is 66.0 cm³/mol. The number of hydrogen-bond donors (Lipinski definition) is 1. The molecular formula is C13H20N2O2. The Labute approximate surface area is 103 Å². The largest absolute Gasteiger partial charge is 0.343 e. The van der Waals surface area contributed by atoms with Crippen molar-refractivity contribution in [2.24, 2.45) is 5.92 Å². The van der Waals surface area contributed by atoms with Gasteiger partial charge in [0.2, 0.25) is 11.8 Å². The lowest BCUT2D eigenvalue weighted by Gasteiger charge is -2.36. The van der Waals surface area contributed by atoms with Crippen LogP contribution in [0.15, 0.2) is 0 Å². The van der Waals surface area contributed by atoms with E-state index in [2.05, 4.69) is 17.2 Å². The fourth-order valence-electron chi connectivity index (χ4n) is 1.90. The van der Waals surface area contributed by atoms with Gasteiger partial charge in [0.25, 0.3) is 0 Å². The van der Waals surface area contributed by atoms with E-state index in [4.69, 9.17) is 0 Å². The first-order valence-corrected chi connectivity index (χ1v) is 5.97. The van der Waals surface area contributed by atoms with Crippen LogP contribution in [0.3, 0.4) is 0 Å². The smallest absolute Gasteiger partial charge is 0.246 e. The molecule has 1 fully saturated rings. The number of amides is 2. The number of rotatable bonds is 3. The molecule has 0 aromatic heterocycles. The highest BCUT2D eigenvalue weighted by atomic mass is 16.2. The molecule has 1 N–H and O–H groups in total. The summed E-state index contributed by atoms with van der Waals surface area (Å²) in [6.07, 6.45) is 0.674. The maximum atomic E-state index is 12.2. The van der Waals surface area contributed by atoms with E-state index in [1.54, 1.807) is 18.7 Å². The second-order valence-corrected chi connectivity index (χ2v) is 4.76. The lowest BCUT2D eigenvalue weighted by Crippen LogP contribution is -2.62. The molecule has 2 atom stereocenters. The van der Waals surface area contributed by atoms with Crippen LogP contribution < -0.4 is 5.32 Å². The van der Waals surface area contributed by atoms with Crippen molar-refractivity contribution >= 4 is 11.8 Å². The molecule has 2 amide bonds. The average molecular weight is 236 g/mol. The quantitative estimate of drug-likeness (QED) is 0.736. The minimum Gasteiger partial charge on any atom is -0.343 e. The van der Waals surface area contributed by atoms with Gasteiger partial charge in [-0.1, -0.05) is 19.8 Å². The molecule has 1 saturated heterocycles. The Hall–Kier alpha value is -1.50. The summed E-state index contributed by atoms with van der Waals surface area (Å²) >= 11 is 0. The zero-order chi connectivity index (χ0) is 13.0. The molecule has 1 heterocycles. The molecule has 1 aliphatic heterocycles. The van der Waals surface area contributed by atoms with Crippen LogP contribution in [0, 0.1) is 17.8 Å². The monoisotopic (exact) mass is 236 g/mol. The zero-order valence-electron chi connectivity index (χ0n) is 10.9.